The molecule has 1 aromatic rings. The number of hydrogen-bond donors (Lipinski definition) is 4. The molecule has 2 rings (SSSR count). The van der Waals surface area contributed by atoms with Gasteiger partial charge in [0.25, 0.3) is 5.56 Å². The molecule has 5 N–H and O–H groups in total. The second-order valence-electron chi connectivity index (χ2n) is 3.99. The van der Waals surface area contributed by atoms with Crippen LogP contribution in [0.4, 0.5) is 0 Å². The van der Waals surface area contributed by atoms with E-state index in [1.54, 1.807) is 0 Å². The second-order valence-corrected chi connectivity index (χ2v) is 4.85. The number of rotatable bonds is 2. The van der Waals surface area contributed by atoms with Gasteiger partial charge >= 0.3 is 5.69 Å². The van der Waals surface area contributed by atoms with Gasteiger partial charge in [0.05, 0.1) is 10.6 Å². The van der Waals surface area contributed by atoms with Crippen molar-refractivity contribution in [1.82, 2.24) is 9.55 Å². The first-order chi connectivity index (χ1) is 8.40. The van der Waals surface area contributed by atoms with Crippen molar-refractivity contribution < 1.29 is 14.9 Å². The molecule has 8 nitrogen and oxygen atoms in total. The van der Waals surface area contributed by atoms with Crippen LogP contribution in [0.25, 0.3) is 0 Å². The van der Waals surface area contributed by atoms with Gasteiger partial charge in [-0.1, -0.05) is 0 Å². The van der Waals surface area contributed by atoms with Crippen molar-refractivity contribution in [3.8, 4) is 0 Å². The highest BCUT2D eigenvalue weighted by Crippen LogP contribution is 2.28. The topological polar surface area (TPSA) is 131 Å². The predicted octanol–water partition coefficient (Wildman–Crippen LogP) is -1.78. The number of ether oxygens (including phenoxy) is 1. The van der Waals surface area contributed by atoms with E-state index >= 15 is 0 Å². The molecule has 0 spiro atoms. The van der Waals surface area contributed by atoms with Crippen LogP contribution in [0.3, 0.4) is 0 Å². The molecule has 1 saturated heterocycles. The first-order valence-corrected chi connectivity index (χ1v) is 5.97. The molecule has 2 heterocycles. The van der Waals surface area contributed by atoms with E-state index in [-0.39, 0.29) is 10.9 Å². The summed E-state index contributed by atoms with van der Waals surface area (Å²) in [5.41, 5.74) is 4.03. The number of hydrogen-bond acceptors (Lipinski definition) is 6. The quantitative estimate of drug-likeness (QED) is 0.477. The van der Waals surface area contributed by atoms with Crippen LogP contribution >= 0.6 is 15.9 Å². The number of aliphatic hydroxyl groups excluding tert-OH is 2. The average Bonchev–Trinajstić information content (AvgIpc) is 2.65. The highest BCUT2D eigenvalue weighted by atomic mass is 79.9. The number of nitrogens with one attached hydrogen (secondary N) is 1. The summed E-state index contributed by atoms with van der Waals surface area (Å²) in [5, 5.41) is 18.8. The highest BCUT2D eigenvalue weighted by Gasteiger charge is 2.38. The molecule has 0 bridgehead atoms. The second kappa shape index (κ2) is 4.94. The maximum atomic E-state index is 11.6. The van der Waals surface area contributed by atoms with Gasteiger partial charge in [-0.2, -0.15) is 0 Å². The summed E-state index contributed by atoms with van der Waals surface area (Å²) in [6.45, 7) is 0. The lowest BCUT2D eigenvalue weighted by atomic mass is 10.1. The minimum Gasteiger partial charge on any atom is -0.390 e. The van der Waals surface area contributed by atoms with Gasteiger partial charge in [0, 0.05) is 12.6 Å². The van der Waals surface area contributed by atoms with Crippen molar-refractivity contribution in [2.75, 3.05) is 0 Å². The summed E-state index contributed by atoms with van der Waals surface area (Å²) in [6.07, 6.45) is -2.71. The number of aliphatic hydroxyl groups is 2. The minimum atomic E-state index is -1.34. The van der Waals surface area contributed by atoms with Crippen LogP contribution in [-0.2, 0) is 4.74 Å². The van der Waals surface area contributed by atoms with Gasteiger partial charge < -0.3 is 20.7 Å². The molecular formula is C9H12BrN3O5. The molecule has 18 heavy (non-hydrogen) atoms. The number of H-pyrrole nitrogens is 1. The van der Waals surface area contributed by atoms with E-state index in [0.29, 0.717) is 0 Å². The summed E-state index contributed by atoms with van der Waals surface area (Å²) in [7, 11) is 0. The Morgan fingerprint density at radius 2 is 2.28 bits per heavy atom. The molecule has 0 aliphatic carbocycles. The van der Waals surface area contributed by atoms with E-state index in [9.17, 15) is 19.8 Å². The van der Waals surface area contributed by atoms with Crippen LogP contribution in [0, 0.1) is 0 Å². The Labute approximate surface area is 109 Å². The van der Waals surface area contributed by atoms with Gasteiger partial charge in [0.15, 0.2) is 0 Å². The van der Waals surface area contributed by atoms with Gasteiger partial charge in [-0.15, -0.1) is 0 Å². The van der Waals surface area contributed by atoms with Crippen LogP contribution in [0.1, 0.15) is 12.6 Å². The Morgan fingerprint density at radius 3 is 2.83 bits per heavy atom. The number of halogens is 1. The molecule has 0 aromatic carbocycles. The lowest BCUT2D eigenvalue weighted by Crippen LogP contribution is -2.40. The molecule has 0 radical (unpaired) electrons. The molecule has 0 saturated carbocycles. The van der Waals surface area contributed by atoms with Crippen molar-refractivity contribution in [3.63, 3.8) is 0 Å². The van der Waals surface area contributed by atoms with Gasteiger partial charge in [-0.05, 0) is 15.9 Å². The first kappa shape index (κ1) is 13.4. The maximum Gasteiger partial charge on any atom is 0.330 e. The fourth-order valence-electron chi connectivity index (χ4n) is 1.83. The molecule has 1 unspecified atom stereocenters. The van der Waals surface area contributed by atoms with E-state index in [4.69, 9.17) is 10.5 Å². The van der Waals surface area contributed by atoms with E-state index in [0.717, 1.165) is 4.57 Å². The fraction of sp³-hybridized carbons (Fsp3) is 0.556. The Morgan fingerprint density at radius 1 is 1.61 bits per heavy atom. The summed E-state index contributed by atoms with van der Waals surface area (Å²) in [5.74, 6) is 0. The zero-order valence-corrected chi connectivity index (χ0v) is 10.7. The fourth-order valence-corrected chi connectivity index (χ4v) is 2.15. The molecule has 1 aliphatic rings. The Bertz CT molecular complexity index is 554. The first-order valence-electron chi connectivity index (χ1n) is 5.18. The zero-order valence-electron chi connectivity index (χ0n) is 9.12. The monoisotopic (exact) mass is 321 g/mol. The molecule has 1 aromatic heterocycles. The standard InChI is InChI=1S/C9H12BrN3O5/c10-3-2-13(9(17)12-8(3)16)5-1-4(14)6(18-5)7(11)15/h2,4-7,14-15H,1,11H2,(H,12,16,17)/t4-,5+,6-,7?/m0/s1. The number of nitrogens with two attached hydrogens (primary N) is 1. The van der Waals surface area contributed by atoms with E-state index in [2.05, 4.69) is 20.9 Å². The molecular weight excluding hydrogens is 310 g/mol. The third-order valence-corrected chi connectivity index (χ3v) is 3.27. The van der Waals surface area contributed by atoms with Crippen molar-refractivity contribution in [3.05, 3.63) is 31.5 Å². The Hall–Kier alpha value is -1.00. The van der Waals surface area contributed by atoms with Crippen LogP contribution in [0.15, 0.2) is 20.3 Å². The molecule has 0 amide bonds. The van der Waals surface area contributed by atoms with E-state index in [1.807, 2.05) is 0 Å². The minimum absolute atomic E-state index is 0.0946. The summed E-state index contributed by atoms with van der Waals surface area (Å²) < 4.78 is 6.58. The van der Waals surface area contributed by atoms with Gasteiger partial charge in [-0.3, -0.25) is 14.3 Å². The van der Waals surface area contributed by atoms with Crippen LogP contribution < -0.4 is 17.0 Å². The van der Waals surface area contributed by atoms with Crippen molar-refractivity contribution in [2.24, 2.45) is 5.73 Å². The average molecular weight is 322 g/mol. The molecule has 4 atom stereocenters. The third kappa shape index (κ3) is 2.40. The zero-order chi connectivity index (χ0) is 13.4. The van der Waals surface area contributed by atoms with Crippen molar-refractivity contribution >= 4 is 15.9 Å². The van der Waals surface area contributed by atoms with Crippen LogP contribution in [-0.4, -0.2) is 38.2 Å². The van der Waals surface area contributed by atoms with Gasteiger partial charge in [0.1, 0.15) is 18.6 Å². The summed E-state index contributed by atoms with van der Waals surface area (Å²) >= 11 is 2.99. The molecule has 9 heteroatoms. The molecule has 1 fully saturated rings. The predicted molar refractivity (Wildman–Crippen MR) is 63.8 cm³/mol. The van der Waals surface area contributed by atoms with Crippen molar-refractivity contribution in [2.45, 2.75) is 31.1 Å². The Balaban J connectivity index is 2.32. The van der Waals surface area contributed by atoms with Gasteiger partial charge in [0.2, 0.25) is 0 Å². The third-order valence-electron chi connectivity index (χ3n) is 2.71. The molecule has 100 valence electrons. The summed E-state index contributed by atoms with van der Waals surface area (Å²) in [6, 6.07) is 0. The largest absolute Gasteiger partial charge is 0.390 e. The smallest absolute Gasteiger partial charge is 0.330 e. The van der Waals surface area contributed by atoms with Crippen LogP contribution in [0.2, 0.25) is 0 Å². The maximum absolute atomic E-state index is 11.6. The number of aromatic amines is 1. The SMILES string of the molecule is NC(O)[C@H]1O[C@@H](n2cc(Br)c(=O)[nH]c2=O)C[C@@H]1O. The lowest BCUT2D eigenvalue weighted by Gasteiger charge is -2.17. The highest BCUT2D eigenvalue weighted by molar-refractivity contribution is 9.10. The van der Waals surface area contributed by atoms with Gasteiger partial charge in [-0.25, -0.2) is 4.79 Å². The normalized spacial score (nSPS) is 29.4. The van der Waals surface area contributed by atoms with E-state index in [1.165, 1.54) is 6.20 Å². The number of aromatic nitrogens is 2. The van der Waals surface area contributed by atoms with Crippen molar-refractivity contribution in [1.29, 1.82) is 0 Å². The van der Waals surface area contributed by atoms with E-state index < -0.39 is 35.9 Å². The van der Waals surface area contributed by atoms with Crippen LogP contribution in [0.5, 0.6) is 0 Å². The summed E-state index contributed by atoms with van der Waals surface area (Å²) in [4.78, 5) is 24.9. The number of nitrogens with zero attached hydrogens (tertiary/aromatic N) is 1. The molecule has 1 aliphatic heterocycles. The lowest BCUT2D eigenvalue weighted by molar-refractivity contribution is -0.0810. The Kier molecular flexibility index (Phi) is 3.69.